The third-order valence-electron chi connectivity index (χ3n) is 4.48. The first-order valence-corrected chi connectivity index (χ1v) is 8.84. The highest BCUT2D eigenvalue weighted by Crippen LogP contribution is 2.13. The van der Waals surface area contributed by atoms with Crippen molar-refractivity contribution in [2.75, 3.05) is 19.6 Å². The Balaban J connectivity index is 1.49. The quantitative estimate of drug-likeness (QED) is 0.814. The zero-order valence-electron chi connectivity index (χ0n) is 14.6. The van der Waals surface area contributed by atoms with Gasteiger partial charge in [0.05, 0.1) is 6.20 Å². The van der Waals surface area contributed by atoms with Crippen LogP contribution in [0.2, 0.25) is 0 Å². The predicted molar refractivity (Wildman–Crippen MR) is 97.7 cm³/mol. The van der Waals surface area contributed by atoms with Crippen LogP contribution in [0.5, 0.6) is 5.75 Å². The maximum absolute atomic E-state index is 12.3. The zero-order chi connectivity index (χ0) is 17.5. The topological polar surface area (TPSA) is 63.2 Å². The number of rotatable bonds is 7. The predicted octanol–water partition coefficient (Wildman–Crippen LogP) is 2.70. The average molecular weight is 339 g/mol. The first kappa shape index (κ1) is 17.4. The van der Waals surface area contributed by atoms with Gasteiger partial charge in [-0.15, -0.1) is 0 Å². The van der Waals surface area contributed by atoms with Crippen molar-refractivity contribution in [2.45, 2.75) is 26.4 Å². The molecule has 25 heavy (non-hydrogen) atoms. The fourth-order valence-corrected chi connectivity index (χ4v) is 2.96. The summed E-state index contributed by atoms with van der Waals surface area (Å²) in [5.41, 5.74) is 2.60. The number of aryl methyl sites for hydroxylation is 1. The summed E-state index contributed by atoms with van der Waals surface area (Å²) in [4.78, 5) is 16.5. The van der Waals surface area contributed by atoms with Crippen LogP contribution in [0.15, 0.2) is 42.6 Å². The van der Waals surface area contributed by atoms with Gasteiger partial charge in [0, 0.05) is 17.8 Å². The third kappa shape index (κ3) is 5.29. The molecule has 1 aromatic carbocycles. The minimum Gasteiger partial charge on any atom is -0.487 e. The van der Waals surface area contributed by atoms with Gasteiger partial charge in [-0.2, -0.15) is 0 Å². The molecule has 1 amide bonds. The largest absolute Gasteiger partial charge is 0.487 e. The lowest BCUT2D eigenvalue weighted by molar-refractivity contribution is 0.0951. The second kappa shape index (κ2) is 8.62. The molecule has 1 fully saturated rings. The molecule has 1 saturated heterocycles. The summed E-state index contributed by atoms with van der Waals surface area (Å²) in [5.74, 6) is 1.39. The minimum absolute atomic E-state index is 0.0233. The summed E-state index contributed by atoms with van der Waals surface area (Å²) in [6.07, 6.45) is 3.95. The molecule has 1 aliphatic heterocycles. The summed E-state index contributed by atoms with van der Waals surface area (Å²) in [6.45, 7) is 5.24. The van der Waals surface area contributed by atoms with Gasteiger partial charge in [0.15, 0.2) is 0 Å². The summed E-state index contributed by atoms with van der Waals surface area (Å²) >= 11 is 0. The lowest BCUT2D eigenvalue weighted by Crippen LogP contribution is -2.26. The van der Waals surface area contributed by atoms with Crippen LogP contribution < -0.4 is 15.4 Å². The highest BCUT2D eigenvalue weighted by Gasteiger charge is 2.14. The molecular formula is C20H25N3O2. The smallest absolute Gasteiger partial charge is 0.251 e. The van der Waals surface area contributed by atoms with Gasteiger partial charge in [-0.05, 0) is 68.6 Å². The maximum Gasteiger partial charge on any atom is 0.251 e. The van der Waals surface area contributed by atoms with Gasteiger partial charge in [-0.25, -0.2) is 0 Å². The molecule has 1 aliphatic rings. The van der Waals surface area contributed by atoms with E-state index in [0.29, 0.717) is 18.1 Å². The molecule has 1 aromatic heterocycles. The van der Waals surface area contributed by atoms with Crippen molar-refractivity contribution in [3.8, 4) is 5.75 Å². The molecule has 0 bridgehead atoms. The molecule has 2 heterocycles. The molecule has 0 spiro atoms. The van der Waals surface area contributed by atoms with E-state index in [9.17, 15) is 4.79 Å². The number of aromatic nitrogens is 1. The Labute approximate surface area is 148 Å². The van der Waals surface area contributed by atoms with Crippen molar-refractivity contribution in [3.63, 3.8) is 0 Å². The van der Waals surface area contributed by atoms with Crippen LogP contribution >= 0.6 is 0 Å². The Morgan fingerprint density at radius 3 is 3.04 bits per heavy atom. The third-order valence-corrected chi connectivity index (χ3v) is 4.48. The Morgan fingerprint density at radius 1 is 1.36 bits per heavy atom. The number of nitrogens with zero attached hydrogens (tertiary/aromatic N) is 1. The van der Waals surface area contributed by atoms with Crippen LogP contribution in [-0.2, 0) is 6.61 Å². The molecule has 2 N–H and O–H groups in total. The molecule has 0 saturated carbocycles. The molecule has 3 rings (SSSR count). The minimum atomic E-state index is -0.0233. The molecule has 1 atom stereocenters. The van der Waals surface area contributed by atoms with Crippen LogP contribution in [-0.4, -0.2) is 30.5 Å². The van der Waals surface area contributed by atoms with Crippen molar-refractivity contribution in [3.05, 3.63) is 59.4 Å². The van der Waals surface area contributed by atoms with Gasteiger partial charge in [0.2, 0.25) is 0 Å². The number of carbonyl (C=O) groups is 1. The molecule has 5 nitrogen and oxygen atoms in total. The Kier molecular flexibility index (Phi) is 6.01. The van der Waals surface area contributed by atoms with Crippen LogP contribution in [0.1, 0.15) is 34.5 Å². The normalized spacial score (nSPS) is 16.6. The number of hydrogen-bond acceptors (Lipinski definition) is 4. The molecule has 0 aliphatic carbocycles. The standard InChI is InChI=1S/C20H25N3O2/c1-15-5-6-19(13-23-15)25-14-17-3-2-4-18(11-17)20(24)22-10-8-16-7-9-21-12-16/h2-6,11,13,16,21H,7-10,12,14H2,1H3,(H,22,24). The van der Waals surface area contributed by atoms with E-state index in [1.165, 1.54) is 6.42 Å². The number of nitrogens with one attached hydrogen (secondary N) is 2. The Hall–Kier alpha value is -2.40. The monoisotopic (exact) mass is 339 g/mol. The van der Waals surface area contributed by atoms with E-state index in [2.05, 4.69) is 15.6 Å². The first-order chi connectivity index (χ1) is 12.2. The van der Waals surface area contributed by atoms with Crippen molar-refractivity contribution in [2.24, 2.45) is 5.92 Å². The highest BCUT2D eigenvalue weighted by molar-refractivity contribution is 5.94. The van der Waals surface area contributed by atoms with Crippen molar-refractivity contribution < 1.29 is 9.53 Å². The van der Waals surface area contributed by atoms with Crippen molar-refractivity contribution >= 4 is 5.91 Å². The second-order valence-electron chi connectivity index (χ2n) is 6.53. The second-order valence-corrected chi connectivity index (χ2v) is 6.53. The fraction of sp³-hybridized carbons (Fsp3) is 0.400. The number of pyridine rings is 1. The van der Waals surface area contributed by atoms with E-state index in [-0.39, 0.29) is 5.91 Å². The maximum atomic E-state index is 12.3. The van der Waals surface area contributed by atoms with Crippen molar-refractivity contribution in [1.82, 2.24) is 15.6 Å². The SMILES string of the molecule is Cc1ccc(OCc2cccc(C(=O)NCCC3CCNC3)c2)cn1. The number of benzene rings is 1. The highest BCUT2D eigenvalue weighted by atomic mass is 16.5. The van der Waals surface area contributed by atoms with Gasteiger partial charge in [0.1, 0.15) is 12.4 Å². The van der Waals surface area contributed by atoms with Gasteiger partial charge < -0.3 is 15.4 Å². The lowest BCUT2D eigenvalue weighted by atomic mass is 10.1. The number of amides is 1. The van der Waals surface area contributed by atoms with Crippen molar-refractivity contribution in [1.29, 1.82) is 0 Å². The van der Waals surface area contributed by atoms with E-state index in [4.69, 9.17) is 4.74 Å². The van der Waals surface area contributed by atoms with Gasteiger partial charge in [-0.3, -0.25) is 9.78 Å². The first-order valence-electron chi connectivity index (χ1n) is 8.84. The lowest BCUT2D eigenvalue weighted by Gasteiger charge is -2.10. The number of hydrogen-bond donors (Lipinski definition) is 2. The Morgan fingerprint density at radius 2 is 2.28 bits per heavy atom. The van der Waals surface area contributed by atoms with E-state index in [0.717, 1.165) is 43.1 Å². The van der Waals surface area contributed by atoms with Gasteiger partial charge in [-0.1, -0.05) is 12.1 Å². The van der Waals surface area contributed by atoms with E-state index in [1.807, 2.05) is 43.3 Å². The number of carbonyl (C=O) groups excluding carboxylic acids is 1. The van der Waals surface area contributed by atoms with E-state index in [1.54, 1.807) is 6.20 Å². The average Bonchev–Trinajstić information content (AvgIpc) is 3.15. The van der Waals surface area contributed by atoms with Crippen LogP contribution in [0.3, 0.4) is 0 Å². The molecule has 0 radical (unpaired) electrons. The summed E-state index contributed by atoms with van der Waals surface area (Å²) in [5, 5.41) is 6.36. The molecule has 132 valence electrons. The molecular weight excluding hydrogens is 314 g/mol. The molecule has 1 unspecified atom stereocenters. The Bertz CT molecular complexity index is 694. The summed E-state index contributed by atoms with van der Waals surface area (Å²) in [6, 6.07) is 11.4. The van der Waals surface area contributed by atoms with Gasteiger partial charge in [0.25, 0.3) is 5.91 Å². The summed E-state index contributed by atoms with van der Waals surface area (Å²) < 4.78 is 5.73. The van der Waals surface area contributed by atoms with Gasteiger partial charge >= 0.3 is 0 Å². The van der Waals surface area contributed by atoms with Crippen LogP contribution in [0, 0.1) is 12.8 Å². The fourth-order valence-electron chi connectivity index (χ4n) is 2.96. The molecule has 5 heteroatoms. The molecule has 2 aromatic rings. The van der Waals surface area contributed by atoms with Crippen LogP contribution in [0.25, 0.3) is 0 Å². The van der Waals surface area contributed by atoms with E-state index >= 15 is 0 Å². The zero-order valence-corrected chi connectivity index (χ0v) is 14.6. The van der Waals surface area contributed by atoms with Crippen LogP contribution in [0.4, 0.5) is 0 Å². The summed E-state index contributed by atoms with van der Waals surface area (Å²) in [7, 11) is 0. The van der Waals surface area contributed by atoms with E-state index < -0.39 is 0 Å². The number of ether oxygens (including phenoxy) is 1.